The Bertz CT molecular complexity index is 953. The molecular weight excluding hydrogens is 332 g/mol. The Hall–Kier alpha value is -3.21. The summed E-state index contributed by atoms with van der Waals surface area (Å²) in [6, 6.07) is 13.8. The van der Waals surface area contributed by atoms with Gasteiger partial charge in [-0.2, -0.15) is 0 Å². The lowest BCUT2D eigenvalue weighted by Gasteiger charge is -2.30. The number of rotatable bonds is 3. The Morgan fingerprint density at radius 2 is 1.62 bits per heavy atom. The van der Waals surface area contributed by atoms with Crippen LogP contribution in [0.2, 0.25) is 0 Å². The van der Waals surface area contributed by atoms with Crippen molar-refractivity contribution in [3.05, 3.63) is 76.6 Å². The largest absolute Gasteiger partial charge is 0.494 e. The van der Waals surface area contributed by atoms with Crippen LogP contribution >= 0.6 is 0 Å². The van der Waals surface area contributed by atoms with Crippen LogP contribution in [-0.2, 0) is 9.53 Å². The molecule has 0 saturated carbocycles. The van der Waals surface area contributed by atoms with E-state index in [0.717, 1.165) is 5.56 Å². The van der Waals surface area contributed by atoms with Crippen molar-refractivity contribution in [3.8, 4) is 5.75 Å². The van der Waals surface area contributed by atoms with Crippen LogP contribution in [0, 0.1) is 0 Å². The van der Waals surface area contributed by atoms with E-state index in [1.165, 1.54) is 0 Å². The molecule has 1 atom stereocenters. The topological polar surface area (TPSA) is 69.7 Å². The minimum absolute atomic E-state index is 0.0218. The van der Waals surface area contributed by atoms with E-state index in [4.69, 9.17) is 9.47 Å². The molecular formula is C21H16O5. The standard InChI is InChI=1S/C21H16O5/c1-2-25-13-9-7-12(8-10-13)16-11-17(22)26-21-18(16)19(23)14-5-3-4-6-15(14)20(21)24/h3-10,16H,2,11H2,1H3/t16-/m0/s1. The number of hydrogen-bond acceptors (Lipinski definition) is 5. The zero-order valence-corrected chi connectivity index (χ0v) is 14.2. The second-order valence-electron chi connectivity index (χ2n) is 6.18. The van der Waals surface area contributed by atoms with Gasteiger partial charge in [-0.25, -0.2) is 0 Å². The normalized spacial score (nSPS) is 19.0. The number of benzene rings is 2. The quantitative estimate of drug-likeness (QED) is 0.795. The van der Waals surface area contributed by atoms with E-state index in [1.807, 2.05) is 19.1 Å². The van der Waals surface area contributed by atoms with Crippen LogP contribution in [0.5, 0.6) is 5.75 Å². The summed E-state index contributed by atoms with van der Waals surface area (Å²) in [6.07, 6.45) is 0.0218. The minimum Gasteiger partial charge on any atom is -0.494 e. The molecule has 1 aliphatic carbocycles. The van der Waals surface area contributed by atoms with Crippen LogP contribution in [0.15, 0.2) is 59.9 Å². The van der Waals surface area contributed by atoms with Crippen LogP contribution in [-0.4, -0.2) is 24.1 Å². The number of allylic oxidation sites excluding steroid dienone is 2. The van der Waals surface area contributed by atoms with Crippen LogP contribution < -0.4 is 4.74 Å². The number of fused-ring (bicyclic) bond motifs is 1. The fourth-order valence-electron chi connectivity index (χ4n) is 3.46. The molecule has 0 radical (unpaired) electrons. The number of ether oxygens (including phenoxy) is 2. The van der Waals surface area contributed by atoms with Gasteiger partial charge in [0.1, 0.15) is 5.75 Å². The lowest BCUT2D eigenvalue weighted by atomic mass is 9.77. The van der Waals surface area contributed by atoms with Crippen molar-refractivity contribution in [2.24, 2.45) is 0 Å². The first-order valence-electron chi connectivity index (χ1n) is 8.46. The molecule has 130 valence electrons. The number of ketones is 2. The summed E-state index contributed by atoms with van der Waals surface area (Å²) in [5.41, 5.74) is 1.66. The molecule has 5 heteroatoms. The van der Waals surface area contributed by atoms with Gasteiger partial charge in [-0.1, -0.05) is 36.4 Å². The third kappa shape index (κ3) is 2.52. The number of Topliss-reactive ketones (excluding diaryl/α,β-unsaturated/α-hetero) is 2. The van der Waals surface area contributed by atoms with Crippen molar-refractivity contribution in [2.75, 3.05) is 6.61 Å². The van der Waals surface area contributed by atoms with Crippen LogP contribution in [0.4, 0.5) is 0 Å². The molecule has 0 aromatic heterocycles. The van der Waals surface area contributed by atoms with Crippen molar-refractivity contribution in [2.45, 2.75) is 19.3 Å². The molecule has 1 aliphatic heterocycles. The highest BCUT2D eigenvalue weighted by molar-refractivity contribution is 6.27. The summed E-state index contributed by atoms with van der Waals surface area (Å²) in [5.74, 6) is -1.13. The third-order valence-corrected chi connectivity index (χ3v) is 4.64. The fourth-order valence-corrected chi connectivity index (χ4v) is 3.46. The Kier molecular flexibility index (Phi) is 3.92. The zero-order valence-electron chi connectivity index (χ0n) is 14.2. The molecule has 0 saturated heterocycles. The van der Waals surface area contributed by atoms with Gasteiger partial charge in [0.05, 0.1) is 18.6 Å². The van der Waals surface area contributed by atoms with E-state index in [9.17, 15) is 14.4 Å². The smallest absolute Gasteiger partial charge is 0.312 e. The first-order chi connectivity index (χ1) is 12.6. The Labute approximate surface area is 150 Å². The molecule has 0 N–H and O–H groups in total. The van der Waals surface area contributed by atoms with Gasteiger partial charge in [-0.3, -0.25) is 14.4 Å². The number of carbonyl (C=O) groups excluding carboxylic acids is 3. The first kappa shape index (κ1) is 16.3. The summed E-state index contributed by atoms with van der Waals surface area (Å²) < 4.78 is 10.6. The number of hydrogen-bond donors (Lipinski definition) is 0. The van der Waals surface area contributed by atoms with Gasteiger partial charge in [0.15, 0.2) is 11.5 Å². The van der Waals surface area contributed by atoms with Crippen molar-refractivity contribution in [3.63, 3.8) is 0 Å². The molecule has 0 amide bonds. The van der Waals surface area contributed by atoms with E-state index < -0.39 is 17.7 Å². The highest BCUT2D eigenvalue weighted by atomic mass is 16.5. The van der Waals surface area contributed by atoms with E-state index in [0.29, 0.717) is 17.9 Å². The average molecular weight is 348 g/mol. The maximum Gasteiger partial charge on any atom is 0.312 e. The second kappa shape index (κ2) is 6.26. The van der Waals surface area contributed by atoms with Crippen LogP contribution in [0.1, 0.15) is 45.5 Å². The summed E-state index contributed by atoms with van der Waals surface area (Å²) in [6.45, 7) is 2.44. The minimum atomic E-state index is -0.511. The first-order valence-corrected chi connectivity index (χ1v) is 8.46. The Balaban J connectivity index is 1.81. The van der Waals surface area contributed by atoms with Gasteiger partial charge in [0.25, 0.3) is 0 Å². The van der Waals surface area contributed by atoms with E-state index in [-0.39, 0.29) is 29.1 Å². The molecule has 26 heavy (non-hydrogen) atoms. The predicted octanol–water partition coefficient (Wildman–Crippen LogP) is 3.45. The molecule has 1 heterocycles. The lowest BCUT2D eigenvalue weighted by Crippen LogP contribution is -2.32. The highest BCUT2D eigenvalue weighted by Crippen LogP contribution is 2.41. The van der Waals surface area contributed by atoms with Crippen molar-refractivity contribution in [1.29, 1.82) is 0 Å². The van der Waals surface area contributed by atoms with Gasteiger partial charge in [-0.15, -0.1) is 0 Å². The van der Waals surface area contributed by atoms with Crippen molar-refractivity contribution >= 4 is 17.5 Å². The van der Waals surface area contributed by atoms with E-state index in [2.05, 4.69) is 0 Å². The summed E-state index contributed by atoms with van der Waals surface area (Å²) >= 11 is 0. The van der Waals surface area contributed by atoms with Crippen LogP contribution in [0.25, 0.3) is 0 Å². The molecule has 0 bridgehead atoms. The maximum absolute atomic E-state index is 13.0. The molecule has 4 rings (SSSR count). The Morgan fingerprint density at radius 1 is 0.962 bits per heavy atom. The molecule has 0 fully saturated rings. The van der Waals surface area contributed by atoms with Gasteiger partial charge in [0.2, 0.25) is 5.78 Å². The lowest BCUT2D eigenvalue weighted by molar-refractivity contribution is -0.140. The van der Waals surface area contributed by atoms with E-state index >= 15 is 0 Å². The van der Waals surface area contributed by atoms with Gasteiger partial charge in [-0.05, 0) is 24.6 Å². The van der Waals surface area contributed by atoms with Gasteiger partial charge >= 0.3 is 5.97 Å². The van der Waals surface area contributed by atoms with Crippen molar-refractivity contribution < 1.29 is 23.9 Å². The average Bonchev–Trinajstić information content (AvgIpc) is 2.66. The third-order valence-electron chi connectivity index (χ3n) is 4.64. The molecule has 0 unspecified atom stereocenters. The molecule has 2 aliphatic rings. The molecule has 0 spiro atoms. The molecule has 2 aromatic rings. The maximum atomic E-state index is 13.0. The van der Waals surface area contributed by atoms with Crippen molar-refractivity contribution in [1.82, 2.24) is 0 Å². The highest BCUT2D eigenvalue weighted by Gasteiger charge is 2.42. The summed E-state index contributed by atoms with van der Waals surface area (Å²) in [7, 11) is 0. The second-order valence-corrected chi connectivity index (χ2v) is 6.18. The number of carbonyl (C=O) groups is 3. The molecule has 2 aromatic carbocycles. The summed E-state index contributed by atoms with van der Waals surface area (Å²) in [5, 5.41) is 0. The van der Waals surface area contributed by atoms with Gasteiger partial charge in [0, 0.05) is 17.0 Å². The fraction of sp³-hybridized carbons (Fsp3) is 0.190. The van der Waals surface area contributed by atoms with Crippen LogP contribution in [0.3, 0.4) is 0 Å². The van der Waals surface area contributed by atoms with Gasteiger partial charge < -0.3 is 9.47 Å². The number of esters is 1. The monoisotopic (exact) mass is 348 g/mol. The summed E-state index contributed by atoms with van der Waals surface area (Å²) in [4.78, 5) is 37.9. The molecule has 5 nitrogen and oxygen atoms in total. The predicted molar refractivity (Wildman–Crippen MR) is 93.2 cm³/mol. The Morgan fingerprint density at radius 3 is 2.27 bits per heavy atom. The SMILES string of the molecule is CCOc1ccc([C@@H]2CC(=O)OC3=C2C(=O)c2ccccc2C3=O)cc1. The zero-order chi connectivity index (χ0) is 18.3. The van der Waals surface area contributed by atoms with E-state index in [1.54, 1.807) is 36.4 Å².